The minimum absolute atomic E-state index is 2.09. The van der Waals surface area contributed by atoms with Gasteiger partial charge in [0.15, 0.2) is 11.5 Å². The molecule has 0 spiro atoms. The SMILES string of the molecule is C=C(OC(=C)C(F)(F)C(F)F)C(F)(F)C(F)F. The lowest BCUT2D eigenvalue weighted by atomic mass is 10.2. The molecule has 0 aliphatic carbocycles. The molecule has 0 atom stereocenters. The molecule has 0 aromatic carbocycles. The molecule has 0 amide bonds. The van der Waals surface area contributed by atoms with E-state index in [4.69, 9.17) is 0 Å². The van der Waals surface area contributed by atoms with Gasteiger partial charge < -0.3 is 4.74 Å². The topological polar surface area (TPSA) is 9.23 Å². The molecule has 9 heteroatoms. The maximum Gasteiger partial charge on any atom is 0.363 e. The van der Waals surface area contributed by atoms with Crippen molar-refractivity contribution in [1.82, 2.24) is 0 Å². The van der Waals surface area contributed by atoms with Gasteiger partial charge in [0.1, 0.15) is 0 Å². The Morgan fingerprint density at radius 2 is 1.00 bits per heavy atom. The highest BCUT2D eigenvalue weighted by Crippen LogP contribution is 2.37. The van der Waals surface area contributed by atoms with Crippen LogP contribution in [0.15, 0.2) is 24.7 Å². The minimum Gasteiger partial charge on any atom is -0.454 e. The Balaban J connectivity index is 4.78. The van der Waals surface area contributed by atoms with E-state index in [-0.39, 0.29) is 0 Å². The fourth-order valence-electron chi connectivity index (χ4n) is 0.528. The summed E-state index contributed by atoms with van der Waals surface area (Å²) in [5.41, 5.74) is 0. The smallest absolute Gasteiger partial charge is 0.363 e. The third kappa shape index (κ3) is 3.34. The Hall–Kier alpha value is -1.28. The number of alkyl halides is 8. The van der Waals surface area contributed by atoms with Crippen molar-refractivity contribution in [2.45, 2.75) is 24.7 Å². The van der Waals surface area contributed by atoms with Gasteiger partial charge in [-0.15, -0.1) is 0 Å². The van der Waals surface area contributed by atoms with Gasteiger partial charge in [0.05, 0.1) is 0 Å². The van der Waals surface area contributed by atoms with Gasteiger partial charge in [-0.05, 0) is 0 Å². The summed E-state index contributed by atoms with van der Waals surface area (Å²) in [6.07, 6.45) is -8.55. The highest BCUT2D eigenvalue weighted by Gasteiger charge is 2.50. The monoisotopic (exact) mass is 270 g/mol. The van der Waals surface area contributed by atoms with Crippen LogP contribution in [0.5, 0.6) is 0 Å². The van der Waals surface area contributed by atoms with Gasteiger partial charge in [-0.3, -0.25) is 0 Å². The Bertz CT molecular complexity index is 279. The van der Waals surface area contributed by atoms with Crippen LogP contribution in [0, 0.1) is 0 Å². The highest BCUT2D eigenvalue weighted by atomic mass is 19.3. The van der Waals surface area contributed by atoms with E-state index < -0.39 is 36.2 Å². The van der Waals surface area contributed by atoms with Crippen LogP contribution in [-0.2, 0) is 4.74 Å². The van der Waals surface area contributed by atoms with Gasteiger partial charge in [0.25, 0.3) is 0 Å². The summed E-state index contributed by atoms with van der Waals surface area (Å²) < 4.78 is 100. The van der Waals surface area contributed by atoms with Crippen LogP contribution in [0.1, 0.15) is 0 Å². The van der Waals surface area contributed by atoms with Crippen LogP contribution in [0.2, 0.25) is 0 Å². The fourth-order valence-corrected chi connectivity index (χ4v) is 0.528. The molecule has 0 aromatic heterocycles. The Kier molecular flexibility index (Phi) is 4.55. The van der Waals surface area contributed by atoms with E-state index in [1.165, 1.54) is 0 Å². The molecule has 0 saturated heterocycles. The summed E-state index contributed by atoms with van der Waals surface area (Å²) in [6, 6.07) is 0. The Morgan fingerprint density at radius 1 is 0.765 bits per heavy atom. The molecule has 0 aromatic rings. The van der Waals surface area contributed by atoms with Crippen LogP contribution < -0.4 is 0 Å². The molecule has 0 radical (unpaired) electrons. The summed E-state index contributed by atoms with van der Waals surface area (Å²) in [5, 5.41) is 0. The first-order valence-electron chi connectivity index (χ1n) is 3.82. The van der Waals surface area contributed by atoms with E-state index >= 15 is 0 Å². The van der Waals surface area contributed by atoms with Crippen molar-refractivity contribution in [2.75, 3.05) is 0 Å². The van der Waals surface area contributed by atoms with E-state index in [9.17, 15) is 35.1 Å². The molecule has 0 heterocycles. The second-order valence-corrected chi connectivity index (χ2v) is 2.80. The molecular weight excluding hydrogens is 264 g/mol. The predicted octanol–water partition coefficient (Wildman–Crippen LogP) is 3.83. The molecule has 0 aliphatic heterocycles. The average Bonchev–Trinajstić information content (AvgIpc) is 2.16. The van der Waals surface area contributed by atoms with Gasteiger partial charge in [-0.25, -0.2) is 17.6 Å². The standard InChI is InChI=1S/C8H6F8O/c1-3(7(13,14)5(9)10)17-4(2)8(15,16)6(11)12/h5-6H,1-2H2. The molecule has 0 rings (SSSR count). The lowest BCUT2D eigenvalue weighted by molar-refractivity contribution is -0.151. The third-order valence-electron chi connectivity index (χ3n) is 1.54. The van der Waals surface area contributed by atoms with Crippen LogP contribution in [0.4, 0.5) is 35.1 Å². The van der Waals surface area contributed by atoms with Gasteiger partial charge in [-0.1, -0.05) is 13.2 Å². The van der Waals surface area contributed by atoms with Crippen LogP contribution in [-0.4, -0.2) is 24.7 Å². The van der Waals surface area contributed by atoms with Crippen molar-refractivity contribution >= 4 is 0 Å². The highest BCUT2D eigenvalue weighted by molar-refractivity contribution is 5.10. The molecule has 0 fully saturated rings. The first-order valence-corrected chi connectivity index (χ1v) is 3.82. The van der Waals surface area contributed by atoms with Crippen LogP contribution >= 0.6 is 0 Å². The van der Waals surface area contributed by atoms with Crippen molar-refractivity contribution in [3.63, 3.8) is 0 Å². The summed E-state index contributed by atoms with van der Waals surface area (Å²) >= 11 is 0. The molecule has 0 bridgehead atoms. The predicted molar refractivity (Wildman–Crippen MR) is 41.3 cm³/mol. The van der Waals surface area contributed by atoms with Crippen molar-refractivity contribution < 1.29 is 39.9 Å². The number of ether oxygens (including phenoxy) is 1. The zero-order valence-electron chi connectivity index (χ0n) is 8.00. The fraction of sp³-hybridized carbons (Fsp3) is 0.500. The minimum atomic E-state index is -4.94. The maximum atomic E-state index is 12.4. The van der Waals surface area contributed by atoms with Crippen molar-refractivity contribution in [2.24, 2.45) is 0 Å². The number of hydrogen-bond acceptors (Lipinski definition) is 1. The number of halogens is 8. The lowest BCUT2D eigenvalue weighted by Gasteiger charge is -2.23. The summed E-state index contributed by atoms with van der Waals surface area (Å²) in [5.74, 6) is -14.1. The molecule has 1 nitrogen and oxygen atoms in total. The largest absolute Gasteiger partial charge is 0.454 e. The maximum absolute atomic E-state index is 12.4. The van der Waals surface area contributed by atoms with Crippen LogP contribution in [0.25, 0.3) is 0 Å². The Morgan fingerprint density at radius 3 is 1.18 bits per heavy atom. The van der Waals surface area contributed by atoms with Crippen LogP contribution in [0.3, 0.4) is 0 Å². The quantitative estimate of drug-likeness (QED) is 0.526. The van der Waals surface area contributed by atoms with Crippen molar-refractivity contribution in [1.29, 1.82) is 0 Å². The van der Waals surface area contributed by atoms with Crippen molar-refractivity contribution in [3.8, 4) is 0 Å². The van der Waals surface area contributed by atoms with E-state index in [2.05, 4.69) is 17.9 Å². The third-order valence-corrected chi connectivity index (χ3v) is 1.54. The van der Waals surface area contributed by atoms with E-state index in [1.807, 2.05) is 0 Å². The summed E-state index contributed by atoms with van der Waals surface area (Å²) in [6.45, 7) is 4.54. The van der Waals surface area contributed by atoms with E-state index in [0.717, 1.165) is 0 Å². The molecule has 0 saturated carbocycles. The lowest BCUT2D eigenvalue weighted by Crippen LogP contribution is -2.34. The zero-order chi connectivity index (χ0) is 14.0. The van der Waals surface area contributed by atoms with Gasteiger partial charge >= 0.3 is 24.7 Å². The second-order valence-electron chi connectivity index (χ2n) is 2.80. The first-order chi connectivity index (χ1) is 7.44. The number of allylic oxidation sites excluding steroid dienone is 2. The number of rotatable bonds is 6. The Labute approximate surface area is 90.4 Å². The average molecular weight is 270 g/mol. The van der Waals surface area contributed by atoms with E-state index in [1.54, 1.807) is 0 Å². The number of hydrogen-bond donors (Lipinski definition) is 0. The molecule has 17 heavy (non-hydrogen) atoms. The van der Waals surface area contributed by atoms with Gasteiger partial charge in [0.2, 0.25) is 0 Å². The molecule has 100 valence electrons. The van der Waals surface area contributed by atoms with Crippen molar-refractivity contribution in [3.05, 3.63) is 24.7 Å². The summed E-state index contributed by atoms with van der Waals surface area (Å²) in [4.78, 5) is 0. The second kappa shape index (κ2) is 4.92. The molecule has 0 unspecified atom stereocenters. The van der Waals surface area contributed by atoms with Gasteiger partial charge in [-0.2, -0.15) is 17.6 Å². The van der Waals surface area contributed by atoms with E-state index in [0.29, 0.717) is 0 Å². The first kappa shape index (κ1) is 15.7. The molecule has 0 N–H and O–H groups in total. The molecule has 0 aliphatic rings. The zero-order valence-corrected chi connectivity index (χ0v) is 8.00. The normalized spacial score (nSPS) is 13.1. The van der Waals surface area contributed by atoms with Gasteiger partial charge in [0, 0.05) is 0 Å². The summed E-state index contributed by atoms with van der Waals surface area (Å²) in [7, 11) is 0. The molecular formula is C8H6F8O.